The number of guanidine groups is 1. The van der Waals surface area contributed by atoms with Crippen LogP contribution in [0.4, 0.5) is 15.9 Å². The second kappa shape index (κ2) is 13.0. The molecule has 0 aliphatic rings. The number of hydrogen-bond acceptors (Lipinski definition) is 8. The summed E-state index contributed by atoms with van der Waals surface area (Å²) in [5.41, 5.74) is 2.55. The molecule has 13 heteroatoms. The molecule has 0 fully saturated rings. The van der Waals surface area contributed by atoms with Crippen molar-refractivity contribution in [1.82, 2.24) is 25.8 Å². The van der Waals surface area contributed by atoms with Crippen molar-refractivity contribution in [3.63, 3.8) is 0 Å². The Kier molecular flexibility index (Phi) is 10.4. The Morgan fingerprint density at radius 3 is 2.83 bits per heavy atom. The summed E-state index contributed by atoms with van der Waals surface area (Å²) in [5.74, 6) is 1.50. The number of amidine groups is 1. The average Bonchev–Trinajstić information content (AvgIpc) is 3.21. The molecular formula is C17H24BrFN8O2S. The quantitative estimate of drug-likeness (QED) is 0.109. The highest BCUT2D eigenvalue weighted by Gasteiger charge is 2.16. The van der Waals surface area contributed by atoms with Crippen LogP contribution in [-0.2, 0) is 0 Å². The lowest BCUT2D eigenvalue weighted by molar-refractivity contribution is 0.234. The summed E-state index contributed by atoms with van der Waals surface area (Å²) >= 11 is 4.65. The summed E-state index contributed by atoms with van der Waals surface area (Å²) in [6, 6.07) is 4.18. The predicted molar refractivity (Wildman–Crippen MR) is 120 cm³/mol. The molecule has 0 saturated carbocycles. The van der Waals surface area contributed by atoms with Gasteiger partial charge in [-0.1, -0.05) is 25.8 Å². The third-order valence-corrected chi connectivity index (χ3v) is 4.71. The SMILES string of the molecule is CCCN=C(NCCNc1nonc1C(=Nc1ccc(F)c(Br)c1)NO)NSCC. The van der Waals surface area contributed by atoms with Crippen LogP contribution in [-0.4, -0.2) is 52.7 Å². The first kappa shape index (κ1) is 23.9. The number of nitrogens with one attached hydrogen (secondary N) is 4. The first-order valence-corrected chi connectivity index (χ1v) is 11.0. The van der Waals surface area contributed by atoms with Crippen LogP contribution in [0.3, 0.4) is 0 Å². The molecule has 5 N–H and O–H groups in total. The van der Waals surface area contributed by atoms with Gasteiger partial charge in [-0.05, 0) is 50.9 Å². The van der Waals surface area contributed by atoms with Crippen LogP contribution in [0, 0.1) is 5.82 Å². The van der Waals surface area contributed by atoms with E-state index in [1.165, 1.54) is 18.2 Å². The van der Waals surface area contributed by atoms with E-state index in [0.717, 1.165) is 18.7 Å². The zero-order valence-electron chi connectivity index (χ0n) is 16.6. The fourth-order valence-corrected chi connectivity index (χ4v) is 2.91. The topological polar surface area (TPSA) is 132 Å². The lowest BCUT2D eigenvalue weighted by atomic mass is 10.3. The summed E-state index contributed by atoms with van der Waals surface area (Å²) < 4.78 is 21.6. The third-order valence-electron chi connectivity index (χ3n) is 3.48. The van der Waals surface area contributed by atoms with Crippen LogP contribution in [0.1, 0.15) is 26.0 Å². The van der Waals surface area contributed by atoms with Gasteiger partial charge in [-0.2, -0.15) is 0 Å². The van der Waals surface area contributed by atoms with Gasteiger partial charge >= 0.3 is 0 Å². The normalized spacial score (nSPS) is 12.0. The molecule has 0 unspecified atom stereocenters. The van der Waals surface area contributed by atoms with Crippen LogP contribution < -0.4 is 20.8 Å². The first-order valence-electron chi connectivity index (χ1n) is 9.25. The highest BCUT2D eigenvalue weighted by Crippen LogP contribution is 2.23. The van der Waals surface area contributed by atoms with Crippen LogP contribution in [0.2, 0.25) is 0 Å². The minimum atomic E-state index is -0.418. The molecule has 1 aromatic carbocycles. The van der Waals surface area contributed by atoms with Crippen LogP contribution in [0.25, 0.3) is 0 Å². The van der Waals surface area contributed by atoms with Crippen molar-refractivity contribution in [2.75, 3.05) is 30.7 Å². The molecule has 2 rings (SSSR count). The summed E-state index contributed by atoms with van der Waals surface area (Å²) in [4.78, 5) is 8.66. The molecule has 0 saturated heterocycles. The number of rotatable bonds is 10. The van der Waals surface area contributed by atoms with E-state index in [9.17, 15) is 9.60 Å². The van der Waals surface area contributed by atoms with E-state index in [-0.39, 0.29) is 16.0 Å². The van der Waals surface area contributed by atoms with E-state index in [4.69, 9.17) is 4.63 Å². The van der Waals surface area contributed by atoms with E-state index in [2.05, 4.69) is 65.4 Å². The molecule has 2 aromatic rings. The lowest BCUT2D eigenvalue weighted by Gasteiger charge is -2.11. The van der Waals surface area contributed by atoms with E-state index >= 15 is 0 Å². The monoisotopic (exact) mass is 502 g/mol. The molecule has 30 heavy (non-hydrogen) atoms. The molecule has 0 aliphatic heterocycles. The van der Waals surface area contributed by atoms with Gasteiger partial charge in [0.05, 0.1) is 10.2 Å². The molecule has 0 radical (unpaired) electrons. The Morgan fingerprint density at radius 1 is 1.30 bits per heavy atom. The number of nitrogens with zero attached hydrogens (tertiary/aromatic N) is 4. The van der Waals surface area contributed by atoms with Crippen LogP contribution in [0.5, 0.6) is 0 Å². The number of hydrogen-bond donors (Lipinski definition) is 5. The zero-order valence-corrected chi connectivity index (χ0v) is 19.0. The van der Waals surface area contributed by atoms with Gasteiger partial charge in [0.25, 0.3) is 0 Å². The highest BCUT2D eigenvalue weighted by atomic mass is 79.9. The van der Waals surface area contributed by atoms with Gasteiger partial charge in [-0.25, -0.2) is 14.0 Å². The molecule has 0 aliphatic carbocycles. The maximum absolute atomic E-state index is 13.4. The number of aliphatic imine (C=N–C) groups is 2. The average molecular weight is 503 g/mol. The van der Waals surface area contributed by atoms with Crippen molar-refractivity contribution < 1.29 is 14.2 Å². The Morgan fingerprint density at radius 2 is 2.13 bits per heavy atom. The predicted octanol–water partition coefficient (Wildman–Crippen LogP) is 3.05. The second-order valence-corrected chi connectivity index (χ2v) is 7.68. The smallest absolute Gasteiger partial charge is 0.202 e. The summed E-state index contributed by atoms with van der Waals surface area (Å²) in [6.07, 6.45) is 0.955. The third kappa shape index (κ3) is 7.46. The van der Waals surface area contributed by atoms with Gasteiger partial charge in [0.2, 0.25) is 11.8 Å². The van der Waals surface area contributed by atoms with Crippen molar-refractivity contribution in [2.24, 2.45) is 9.98 Å². The number of benzene rings is 1. The van der Waals surface area contributed by atoms with Gasteiger partial charge in [0, 0.05) is 25.4 Å². The van der Waals surface area contributed by atoms with Gasteiger partial charge < -0.3 is 15.4 Å². The maximum Gasteiger partial charge on any atom is 0.202 e. The number of halogens is 2. The molecule has 0 spiro atoms. The van der Waals surface area contributed by atoms with Crippen molar-refractivity contribution in [2.45, 2.75) is 20.3 Å². The molecular weight excluding hydrogens is 479 g/mol. The van der Waals surface area contributed by atoms with E-state index < -0.39 is 5.82 Å². The minimum Gasteiger partial charge on any atom is -0.363 e. The minimum absolute atomic E-state index is 0.00331. The number of anilines is 1. The van der Waals surface area contributed by atoms with Gasteiger partial charge in [-0.3, -0.25) is 15.7 Å². The molecule has 1 heterocycles. The lowest BCUT2D eigenvalue weighted by Crippen LogP contribution is -2.37. The second-order valence-electron chi connectivity index (χ2n) is 5.75. The molecule has 0 atom stereocenters. The Balaban J connectivity index is 1.99. The first-order chi connectivity index (χ1) is 14.6. The Bertz CT molecular complexity index is 864. The highest BCUT2D eigenvalue weighted by molar-refractivity contribution is 9.10. The molecule has 0 amide bonds. The van der Waals surface area contributed by atoms with Crippen molar-refractivity contribution in [3.05, 3.63) is 34.2 Å². The zero-order chi connectivity index (χ0) is 21.8. The fourth-order valence-electron chi connectivity index (χ4n) is 2.12. The fraction of sp³-hybridized carbons (Fsp3) is 0.412. The van der Waals surface area contributed by atoms with Crippen molar-refractivity contribution in [1.29, 1.82) is 0 Å². The van der Waals surface area contributed by atoms with Crippen LogP contribution in [0.15, 0.2) is 37.3 Å². The number of aromatic nitrogens is 2. The Labute approximate surface area is 186 Å². The van der Waals surface area contributed by atoms with E-state index in [1.54, 1.807) is 11.9 Å². The molecule has 1 aromatic heterocycles. The summed E-state index contributed by atoms with van der Waals surface area (Å²) in [5, 5.41) is 23.3. The van der Waals surface area contributed by atoms with Gasteiger partial charge in [0.15, 0.2) is 11.5 Å². The Hall–Kier alpha value is -2.38. The van der Waals surface area contributed by atoms with E-state index in [0.29, 0.717) is 30.6 Å². The molecule has 0 bridgehead atoms. The maximum atomic E-state index is 13.4. The van der Waals surface area contributed by atoms with Crippen LogP contribution >= 0.6 is 27.9 Å². The largest absolute Gasteiger partial charge is 0.363 e. The van der Waals surface area contributed by atoms with Gasteiger partial charge in [-0.15, -0.1) is 0 Å². The van der Waals surface area contributed by atoms with Gasteiger partial charge in [0.1, 0.15) is 5.82 Å². The molecule has 164 valence electrons. The standard InChI is InChI=1S/C17H24BrFN8O2S/c1-3-7-21-17(27-30-4-2)22-9-8-20-15-14(25-29-26-15)16(24-28)23-11-5-6-13(19)12(18)10-11/h5-6,10,28H,3-4,7-9H2,1-2H3,(H,20,26)(H,23,24)(H2,21,22,27). The van der Waals surface area contributed by atoms with Crippen molar-refractivity contribution in [3.8, 4) is 0 Å². The van der Waals surface area contributed by atoms with Crippen molar-refractivity contribution >= 4 is 51.2 Å². The molecule has 10 nitrogen and oxygen atoms in total. The van der Waals surface area contributed by atoms with E-state index in [1.807, 2.05) is 5.48 Å². The number of hydroxylamine groups is 1. The summed E-state index contributed by atoms with van der Waals surface area (Å²) in [7, 11) is 0. The summed E-state index contributed by atoms with van der Waals surface area (Å²) in [6.45, 7) is 5.87.